The highest BCUT2D eigenvalue weighted by molar-refractivity contribution is 5.73. The average molecular weight is 276 g/mol. The van der Waals surface area contributed by atoms with Gasteiger partial charge in [-0.2, -0.15) is 0 Å². The molecule has 0 radical (unpaired) electrons. The Hall–Kier alpha value is -2.04. The summed E-state index contributed by atoms with van der Waals surface area (Å²) >= 11 is 0. The van der Waals surface area contributed by atoms with Crippen molar-refractivity contribution in [2.24, 2.45) is 0 Å². The third-order valence-electron chi connectivity index (χ3n) is 3.63. The van der Waals surface area contributed by atoms with Crippen LogP contribution in [0.4, 0.5) is 5.69 Å². The maximum absolute atomic E-state index is 11.3. The largest absolute Gasteiger partial charge is 0.481 e. The molecular formula is C15H20N2O3. The molecule has 20 heavy (non-hydrogen) atoms. The summed E-state index contributed by atoms with van der Waals surface area (Å²) in [5.41, 5.74) is 2.15. The van der Waals surface area contributed by atoms with Crippen molar-refractivity contribution in [1.29, 1.82) is 0 Å². The van der Waals surface area contributed by atoms with Gasteiger partial charge in [0, 0.05) is 45.2 Å². The van der Waals surface area contributed by atoms with Crippen LogP contribution in [0, 0.1) is 0 Å². The number of rotatable bonds is 4. The molecule has 1 aromatic carbocycles. The SMILES string of the molecule is CC(=O)N1CCN(c2cccc(CCC(=O)O)c2)CC1. The Labute approximate surface area is 118 Å². The maximum atomic E-state index is 11.3. The summed E-state index contributed by atoms with van der Waals surface area (Å²) in [4.78, 5) is 26.0. The fourth-order valence-electron chi connectivity index (χ4n) is 2.44. The van der Waals surface area contributed by atoms with Gasteiger partial charge in [0.2, 0.25) is 5.91 Å². The number of carboxylic acid groups (broad SMARTS) is 1. The Morgan fingerprint density at radius 1 is 1.20 bits per heavy atom. The van der Waals surface area contributed by atoms with Crippen molar-refractivity contribution in [3.8, 4) is 0 Å². The molecule has 0 spiro atoms. The van der Waals surface area contributed by atoms with Gasteiger partial charge in [-0.15, -0.1) is 0 Å². The minimum atomic E-state index is -0.773. The summed E-state index contributed by atoms with van der Waals surface area (Å²) in [6, 6.07) is 8.00. The second kappa shape index (κ2) is 6.41. The maximum Gasteiger partial charge on any atom is 0.303 e. The molecule has 0 bridgehead atoms. The number of anilines is 1. The monoisotopic (exact) mass is 276 g/mol. The predicted octanol–water partition coefficient (Wildman–Crippen LogP) is 1.37. The molecule has 0 saturated carbocycles. The molecular weight excluding hydrogens is 256 g/mol. The molecule has 1 aromatic rings. The van der Waals surface area contributed by atoms with Crippen LogP contribution in [0.1, 0.15) is 18.9 Å². The minimum absolute atomic E-state index is 0.125. The number of aliphatic carboxylic acids is 1. The van der Waals surface area contributed by atoms with Gasteiger partial charge < -0.3 is 14.9 Å². The second-order valence-electron chi connectivity index (χ2n) is 5.06. The number of amides is 1. The molecule has 2 rings (SSSR count). The van der Waals surface area contributed by atoms with Crippen molar-refractivity contribution >= 4 is 17.6 Å². The van der Waals surface area contributed by atoms with Gasteiger partial charge in [-0.3, -0.25) is 9.59 Å². The molecule has 1 amide bonds. The lowest BCUT2D eigenvalue weighted by Gasteiger charge is -2.35. The molecule has 1 saturated heterocycles. The van der Waals surface area contributed by atoms with E-state index in [4.69, 9.17) is 5.11 Å². The lowest BCUT2D eigenvalue weighted by Crippen LogP contribution is -2.48. The van der Waals surface area contributed by atoms with Gasteiger partial charge in [0.15, 0.2) is 0 Å². The third-order valence-corrected chi connectivity index (χ3v) is 3.63. The van der Waals surface area contributed by atoms with E-state index in [0.29, 0.717) is 6.42 Å². The number of hydrogen-bond donors (Lipinski definition) is 1. The molecule has 0 aromatic heterocycles. The highest BCUT2D eigenvalue weighted by Gasteiger charge is 2.18. The third kappa shape index (κ3) is 3.73. The molecule has 5 heteroatoms. The van der Waals surface area contributed by atoms with E-state index >= 15 is 0 Å². The van der Waals surface area contributed by atoms with Crippen LogP contribution in [-0.2, 0) is 16.0 Å². The van der Waals surface area contributed by atoms with Crippen LogP contribution in [0.15, 0.2) is 24.3 Å². The van der Waals surface area contributed by atoms with Gasteiger partial charge in [-0.05, 0) is 24.1 Å². The smallest absolute Gasteiger partial charge is 0.303 e. The summed E-state index contributed by atoms with van der Waals surface area (Å²) in [6.07, 6.45) is 0.706. The molecule has 0 aliphatic carbocycles. The standard InChI is InChI=1S/C15H20N2O3/c1-12(18)16-7-9-17(10-8-16)14-4-2-3-13(11-14)5-6-15(19)20/h2-4,11H,5-10H2,1H3,(H,19,20). The zero-order valence-electron chi connectivity index (χ0n) is 11.7. The zero-order valence-corrected chi connectivity index (χ0v) is 11.7. The van der Waals surface area contributed by atoms with Crippen molar-refractivity contribution in [3.63, 3.8) is 0 Å². The van der Waals surface area contributed by atoms with Crippen LogP contribution in [-0.4, -0.2) is 48.1 Å². The number of nitrogens with zero attached hydrogens (tertiary/aromatic N) is 2. The number of piperazine rings is 1. The fourth-order valence-corrected chi connectivity index (χ4v) is 2.44. The van der Waals surface area contributed by atoms with Crippen molar-refractivity contribution in [2.45, 2.75) is 19.8 Å². The summed E-state index contributed by atoms with van der Waals surface area (Å²) < 4.78 is 0. The van der Waals surface area contributed by atoms with Gasteiger partial charge in [0.1, 0.15) is 0 Å². The number of benzene rings is 1. The molecule has 1 heterocycles. The molecule has 1 fully saturated rings. The normalized spacial score (nSPS) is 15.2. The van der Waals surface area contributed by atoms with Crippen LogP contribution in [0.25, 0.3) is 0 Å². The highest BCUT2D eigenvalue weighted by atomic mass is 16.4. The summed E-state index contributed by atoms with van der Waals surface area (Å²) in [6.45, 7) is 4.73. The second-order valence-corrected chi connectivity index (χ2v) is 5.06. The molecule has 0 atom stereocenters. The van der Waals surface area contributed by atoms with Gasteiger partial charge >= 0.3 is 5.97 Å². The first kappa shape index (κ1) is 14.4. The summed E-state index contributed by atoms with van der Waals surface area (Å²) in [7, 11) is 0. The number of carbonyl (C=O) groups excluding carboxylic acids is 1. The van der Waals surface area contributed by atoms with Crippen molar-refractivity contribution in [2.75, 3.05) is 31.1 Å². The van der Waals surface area contributed by atoms with Crippen LogP contribution in [0.5, 0.6) is 0 Å². The van der Waals surface area contributed by atoms with E-state index in [1.807, 2.05) is 29.2 Å². The lowest BCUT2D eigenvalue weighted by molar-refractivity contribution is -0.137. The number of aryl methyl sites for hydroxylation is 1. The molecule has 108 valence electrons. The Bertz CT molecular complexity index is 494. The molecule has 0 unspecified atom stereocenters. The highest BCUT2D eigenvalue weighted by Crippen LogP contribution is 2.19. The first-order valence-corrected chi connectivity index (χ1v) is 6.87. The van der Waals surface area contributed by atoms with E-state index in [9.17, 15) is 9.59 Å². The fraction of sp³-hybridized carbons (Fsp3) is 0.467. The van der Waals surface area contributed by atoms with Crippen molar-refractivity contribution in [3.05, 3.63) is 29.8 Å². The van der Waals surface area contributed by atoms with Crippen LogP contribution in [0.2, 0.25) is 0 Å². The number of carboxylic acids is 1. The van der Waals surface area contributed by atoms with Crippen LogP contribution in [0.3, 0.4) is 0 Å². The quantitative estimate of drug-likeness (QED) is 0.902. The van der Waals surface area contributed by atoms with E-state index < -0.39 is 5.97 Å². The van der Waals surface area contributed by atoms with Crippen molar-refractivity contribution in [1.82, 2.24) is 4.90 Å². The van der Waals surface area contributed by atoms with Crippen LogP contribution >= 0.6 is 0 Å². The van der Waals surface area contributed by atoms with Crippen LogP contribution < -0.4 is 4.90 Å². The van der Waals surface area contributed by atoms with Gasteiger partial charge in [-0.1, -0.05) is 12.1 Å². The predicted molar refractivity (Wildman–Crippen MR) is 76.9 cm³/mol. The first-order valence-electron chi connectivity index (χ1n) is 6.87. The van der Waals surface area contributed by atoms with Gasteiger partial charge in [0.05, 0.1) is 0 Å². The summed E-state index contributed by atoms with van der Waals surface area (Å²) in [5.74, 6) is -0.648. The van der Waals surface area contributed by atoms with E-state index in [0.717, 1.165) is 37.4 Å². The van der Waals surface area contributed by atoms with E-state index in [2.05, 4.69) is 4.90 Å². The molecule has 1 N–H and O–H groups in total. The lowest BCUT2D eigenvalue weighted by atomic mass is 10.1. The Morgan fingerprint density at radius 3 is 2.50 bits per heavy atom. The first-order chi connectivity index (χ1) is 9.56. The number of carbonyl (C=O) groups is 2. The number of hydrogen-bond acceptors (Lipinski definition) is 3. The van der Waals surface area contributed by atoms with Gasteiger partial charge in [-0.25, -0.2) is 0 Å². The average Bonchev–Trinajstić information content (AvgIpc) is 2.45. The summed E-state index contributed by atoms with van der Waals surface area (Å²) in [5, 5.41) is 8.73. The van der Waals surface area contributed by atoms with E-state index in [-0.39, 0.29) is 12.3 Å². The van der Waals surface area contributed by atoms with Gasteiger partial charge in [0.25, 0.3) is 0 Å². The minimum Gasteiger partial charge on any atom is -0.481 e. The Morgan fingerprint density at radius 2 is 1.90 bits per heavy atom. The molecule has 5 nitrogen and oxygen atoms in total. The molecule has 1 aliphatic heterocycles. The van der Waals surface area contributed by atoms with E-state index in [1.165, 1.54) is 0 Å². The Kier molecular flexibility index (Phi) is 4.61. The topological polar surface area (TPSA) is 60.9 Å². The Balaban J connectivity index is 1.97. The van der Waals surface area contributed by atoms with Crippen molar-refractivity contribution < 1.29 is 14.7 Å². The zero-order chi connectivity index (χ0) is 14.5. The molecule has 1 aliphatic rings. The van der Waals surface area contributed by atoms with E-state index in [1.54, 1.807) is 6.92 Å².